The van der Waals surface area contributed by atoms with Crippen LogP contribution in [0.5, 0.6) is 5.75 Å². The van der Waals surface area contributed by atoms with Crippen LogP contribution >= 0.6 is 15.9 Å². The van der Waals surface area contributed by atoms with E-state index in [0.29, 0.717) is 11.4 Å². The van der Waals surface area contributed by atoms with Crippen LogP contribution in [0.4, 0.5) is 11.5 Å². The number of methoxy groups -OCH3 is 1. The van der Waals surface area contributed by atoms with Gasteiger partial charge in [-0.15, -0.1) is 0 Å². The summed E-state index contributed by atoms with van der Waals surface area (Å²) in [5, 5.41) is 17.0. The van der Waals surface area contributed by atoms with Gasteiger partial charge in [0.25, 0.3) is 0 Å². The fourth-order valence-electron chi connectivity index (χ4n) is 1.68. The number of hydrogen-bond donors (Lipinski definition) is 1. The number of halogens is 1. The highest BCUT2D eigenvalue weighted by Crippen LogP contribution is 2.24. The first-order chi connectivity index (χ1) is 10.0. The standard InChI is InChI=1S/C12H11BrN4O4/c1-21-10-5-3-2-4-9(10)14-11(18)7-16-6-8(13)12(15-16)17(19)20/h2-6H,7H2,1H3,(H,14,18). The number of rotatable bonds is 5. The molecule has 8 nitrogen and oxygen atoms in total. The lowest BCUT2D eigenvalue weighted by molar-refractivity contribution is -0.390. The molecule has 21 heavy (non-hydrogen) atoms. The summed E-state index contributed by atoms with van der Waals surface area (Å²) >= 11 is 3.02. The minimum Gasteiger partial charge on any atom is -0.495 e. The molecule has 1 amide bonds. The van der Waals surface area contributed by atoms with Gasteiger partial charge in [0.15, 0.2) is 0 Å². The summed E-state index contributed by atoms with van der Waals surface area (Å²) in [6.07, 6.45) is 1.37. The van der Waals surface area contributed by atoms with Crippen molar-refractivity contribution in [3.05, 3.63) is 45.0 Å². The second kappa shape index (κ2) is 6.35. The SMILES string of the molecule is COc1ccccc1NC(=O)Cn1cc(Br)c([N+](=O)[O-])n1. The topological polar surface area (TPSA) is 99.3 Å². The summed E-state index contributed by atoms with van der Waals surface area (Å²) in [5.41, 5.74) is 0.519. The molecule has 0 saturated heterocycles. The zero-order chi connectivity index (χ0) is 15.4. The summed E-state index contributed by atoms with van der Waals surface area (Å²) in [7, 11) is 1.50. The van der Waals surface area contributed by atoms with E-state index in [1.54, 1.807) is 24.3 Å². The maximum Gasteiger partial charge on any atom is 0.404 e. The second-order valence-corrected chi connectivity index (χ2v) is 4.86. The van der Waals surface area contributed by atoms with E-state index >= 15 is 0 Å². The fraction of sp³-hybridized carbons (Fsp3) is 0.167. The van der Waals surface area contributed by atoms with E-state index in [0.717, 1.165) is 0 Å². The molecule has 2 aromatic rings. The smallest absolute Gasteiger partial charge is 0.404 e. The summed E-state index contributed by atoms with van der Waals surface area (Å²) < 4.78 is 6.52. The highest BCUT2D eigenvalue weighted by atomic mass is 79.9. The number of hydrogen-bond acceptors (Lipinski definition) is 5. The fourth-order valence-corrected chi connectivity index (χ4v) is 2.14. The number of nitrogens with one attached hydrogen (secondary N) is 1. The summed E-state index contributed by atoms with van der Waals surface area (Å²) in [5.74, 6) is -0.178. The van der Waals surface area contributed by atoms with E-state index in [-0.39, 0.29) is 22.7 Å². The van der Waals surface area contributed by atoms with E-state index in [4.69, 9.17) is 4.74 Å². The predicted octanol–water partition coefficient (Wildman–Crippen LogP) is 2.20. The van der Waals surface area contributed by atoms with Crippen molar-refractivity contribution in [3.8, 4) is 5.75 Å². The van der Waals surface area contributed by atoms with Gasteiger partial charge in [-0.2, -0.15) is 4.68 Å². The van der Waals surface area contributed by atoms with Crippen molar-refractivity contribution in [1.29, 1.82) is 0 Å². The molecule has 1 aromatic heterocycles. The van der Waals surface area contributed by atoms with E-state index < -0.39 is 4.92 Å². The third kappa shape index (κ3) is 3.57. The van der Waals surface area contributed by atoms with Crippen molar-refractivity contribution in [1.82, 2.24) is 9.78 Å². The van der Waals surface area contributed by atoms with Crippen molar-refractivity contribution in [2.24, 2.45) is 0 Å². The molecule has 9 heteroatoms. The minimum absolute atomic E-state index is 0.148. The number of nitro groups is 1. The number of ether oxygens (including phenoxy) is 1. The molecule has 0 spiro atoms. The zero-order valence-electron chi connectivity index (χ0n) is 10.9. The van der Waals surface area contributed by atoms with Gasteiger partial charge in [-0.1, -0.05) is 12.1 Å². The maximum atomic E-state index is 11.9. The Labute approximate surface area is 128 Å². The number of benzene rings is 1. The van der Waals surface area contributed by atoms with Gasteiger partial charge in [-0.05, 0) is 33.0 Å². The summed E-state index contributed by atoms with van der Waals surface area (Å²) in [4.78, 5) is 22.0. The molecule has 1 N–H and O–H groups in total. The lowest BCUT2D eigenvalue weighted by Gasteiger charge is -2.08. The Kier molecular flexibility index (Phi) is 4.53. The molecule has 0 unspecified atom stereocenters. The second-order valence-electron chi connectivity index (χ2n) is 4.00. The van der Waals surface area contributed by atoms with Crippen molar-refractivity contribution < 1.29 is 14.5 Å². The van der Waals surface area contributed by atoms with Crippen LogP contribution in [0.1, 0.15) is 0 Å². The highest BCUT2D eigenvalue weighted by molar-refractivity contribution is 9.10. The Morgan fingerprint density at radius 3 is 2.86 bits per heavy atom. The molecule has 2 rings (SSSR count). The van der Waals surface area contributed by atoms with Crippen LogP contribution in [0.2, 0.25) is 0 Å². The Balaban J connectivity index is 2.08. The van der Waals surface area contributed by atoms with Crippen molar-refractivity contribution >= 4 is 33.3 Å². The molecule has 110 valence electrons. The van der Waals surface area contributed by atoms with Gasteiger partial charge in [0.05, 0.1) is 24.1 Å². The normalized spacial score (nSPS) is 10.2. The molecule has 0 aliphatic rings. The summed E-state index contributed by atoms with van der Waals surface area (Å²) in [6.45, 7) is -0.148. The molecule has 0 bridgehead atoms. The average molecular weight is 355 g/mol. The van der Waals surface area contributed by atoms with Gasteiger partial charge >= 0.3 is 5.82 Å². The first-order valence-corrected chi connectivity index (χ1v) is 6.60. The molecule has 0 aliphatic carbocycles. The molecule has 0 fully saturated rings. The van der Waals surface area contributed by atoms with Crippen LogP contribution in [-0.2, 0) is 11.3 Å². The molecular formula is C12H11BrN4O4. The Morgan fingerprint density at radius 2 is 2.24 bits per heavy atom. The average Bonchev–Trinajstić information content (AvgIpc) is 2.80. The van der Waals surface area contributed by atoms with Crippen LogP contribution < -0.4 is 10.1 Å². The van der Waals surface area contributed by atoms with E-state index in [1.807, 2.05) is 0 Å². The quantitative estimate of drug-likeness (QED) is 0.655. The molecule has 0 saturated carbocycles. The molecule has 0 atom stereocenters. The van der Waals surface area contributed by atoms with E-state index in [2.05, 4.69) is 26.3 Å². The minimum atomic E-state index is -0.626. The van der Waals surface area contributed by atoms with E-state index in [1.165, 1.54) is 18.0 Å². The largest absolute Gasteiger partial charge is 0.495 e. The molecule has 0 radical (unpaired) electrons. The maximum absolute atomic E-state index is 11.9. The zero-order valence-corrected chi connectivity index (χ0v) is 12.5. The number of para-hydroxylation sites is 2. The van der Waals surface area contributed by atoms with Crippen molar-refractivity contribution in [2.75, 3.05) is 12.4 Å². The number of carbonyl (C=O) groups is 1. The molecule has 0 aliphatic heterocycles. The van der Waals surface area contributed by atoms with E-state index in [9.17, 15) is 14.9 Å². The van der Waals surface area contributed by atoms with Crippen LogP contribution in [-0.4, -0.2) is 27.7 Å². The molecular weight excluding hydrogens is 344 g/mol. The number of aromatic nitrogens is 2. The van der Waals surface area contributed by atoms with Crippen molar-refractivity contribution in [2.45, 2.75) is 6.54 Å². The summed E-state index contributed by atoms with van der Waals surface area (Å²) in [6, 6.07) is 6.94. The van der Waals surface area contributed by atoms with Gasteiger partial charge in [0, 0.05) is 0 Å². The Hall–Kier alpha value is -2.42. The monoisotopic (exact) mass is 354 g/mol. The number of amides is 1. The lowest BCUT2D eigenvalue weighted by Crippen LogP contribution is -2.19. The van der Waals surface area contributed by atoms with Crippen LogP contribution in [0.25, 0.3) is 0 Å². The van der Waals surface area contributed by atoms with Gasteiger partial charge in [-0.3, -0.25) is 4.79 Å². The third-order valence-electron chi connectivity index (χ3n) is 2.56. The lowest BCUT2D eigenvalue weighted by atomic mass is 10.3. The first kappa shape index (κ1) is 15.0. The van der Waals surface area contributed by atoms with Gasteiger partial charge in [0.1, 0.15) is 16.8 Å². The first-order valence-electron chi connectivity index (χ1n) is 5.81. The van der Waals surface area contributed by atoms with Gasteiger partial charge in [0.2, 0.25) is 5.91 Å². The van der Waals surface area contributed by atoms with Crippen molar-refractivity contribution in [3.63, 3.8) is 0 Å². The predicted molar refractivity (Wildman–Crippen MR) is 78.2 cm³/mol. The Morgan fingerprint density at radius 1 is 1.52 bits per heavy atom. The van der Waals surface area contributed by atoms with Gasteiger partial charge < -0.3 is 20.2 Å². The number of carbonyl (C=O) groups excluding carboxylic acids is 1. The number of anilines is 1. The highest BCUT2D eigenvalue weighted by Gasteiger charge is 2.20. The number of nitrogens with zero attached hydrogens (tertiary/aromatic N) is 3. The third-order valence-corrected chi connectivity index (χ3v) is 3.12. The molecule has 1 aromatic carbocycles. The van der Waals surface area contributed by atoms with Crippen LogP contribution in [0.3, 0.4) is 0 Å². The van der Waals surface area contributed by atoms with Crippen LogP contribution in [0.15, 0.2) is 34.9 Å². The van der Waals surface area contributed by atoms with Gasteiger partial charge in [-0.25, -0.2) is 0 Å². The molecule has 1 heterocycles. The van der Waals surface area contributed by atoms with Crippen LogP contribution in [0, 0.1) is 10.1 Å². The Bertz CT molecular complexity index is 686.